The Morgan fingerprint density at radius 3 is 3.10 bits per heavy atom. The van der Waals surface area contributed by atoms with Crippen molar-refractivity contribution in [2.75, 3.05) is 20.2 Å². The minimum absolute atomic E-state index is 0.0288. The van der Waals surface area contributed by atoms with Crippen molar-refractivity contribution in [3.63, 3.8) is 0 Å². The van der Waals surface area contributed by atoms with Gasteiger partial charge in [-0.3, -0.25) is 9.69 Å². The van der Waals surface area contributed by atoms with E-state index in [2.05, 4.69) is 0 Å². The molecule has 0 bridgehead atoms. The van der Waals surface area contributed by atoms with Gasteiger partial charge in [-0.05, 0) is 7.05 Å². The number of hydrogen-bond donors (Lipinski definition) is 1. The number of rotatable bonds is 2. The maximum Gasteiger partial charge on any atom is 0.147 e. The highest BCUT2D eigenvalue weighted by atomic mass is 16.3. The minimum Gasteiger partial charge on any atom is -0.394 e. The zero-order valence-electron chi connectivity index (χ0n) is 5.95. The van der Waals surface area contributed by atoms with Crippen LogP contribution in [0.5, 0.6) is 0 Å². The molecule has 0 aromatic heterocycles. The Balaban J connectivity index is 2.66. The Kier molecular flexibility index (Phi) is 2.19. The third kappa shape index (κ3) is 1.10. The zero-order valence-corrected chi connectivity index (χ0v) is 5.95. The largest absolute Gasteiger partial charge is 0.394 e. The molecule has 0 aromatic carbocycles. The molecule has 1 heterocycles. The molecule has 1 rings (SSSR count). The van der Waals surface area contributed by atoms with Crippen molar-refractivity contribution in [2.24, 2.45) is 0 Å². The van der Waals surface area contributed by atoms with E-state index in [9.17, 15) is 4.79 Å². The van der Waals surface area contributed by atoms with Gasteiger partial charge in [-0.25, -0.2) is 0 Å². The van der Waals surface area contributed by atoms with Gasteiger partial charge in [-0.1, -0.05) is 6.08 Å². The summed E-state index contributed by atoms with van der Waals surface area (Å²) in [4.78, 5) is 12.3. The average Bonchev–Trinajstić information content (AvgIpc) is 2.30. The number of likely N-dealkylation sites (N-methyl/N-ethyl adjacent to an activating group) is 1. The summed E-state index contributed by atoms with van der Waals surface area (Å²) < 4.78 is 0. The summed E-state index contributed by atoms with van der Waals surface area (Å²) in [5, 5.41) is 8.80. The summed E-state index contributed by atoms with van der Waals surface area (Å²) in [6.07, 6.45) is 2.65. The lowest BCUT2D eigenvalue weighted by Crippen LogP contribution is -2.31. The van der Waals surface area contributed by atoms with Crippen molar-refractivity contribution in [1.82, 2.24) is 4.90 Å². The Hall–Kier alpha value is -0.670. The number of aldehydes is 1. The van der Waals surface area contributed by atoms with Gasteiger partial charge in [-0.15, -0.1) is 0 Å². The highest BCUT2D eigenvalue weighted by molar-refractivity contribution is 5.76. The van der Waals surface area contributed by atoms with Crippen molar-refractivity contribution in [1.29, 1.82) is 0 Å². The Labute approximate surface area is 59.9 Å². The van der Waals surface area contributed by atoms with Gasteiger partial charge < -0.3 is 5.11 Å². The minimum atomic E-state index is -0.0718. The Morgan fingerprint density at radius 1 is 2.00 bits per heavy atom. The maximum atomic E-state index is 10.3. The molecule has 1 aliphatic heterocycles. The van der Waals surface area contributed by atoms with Crippen LogP contribution in [0.25, 0.3) is 0 Å². The van der Waals surface area contributed by atoms with Crippen LogP contribution in [-0.4, -0.2) is 42.5 Å². The van der Waals surface area contributed by atoms with Crippen LogP contribution in [-0.2, 0) is 4.79 Å². The smallest absolute Gasteiger partial charge is 0.147 e. The molecule has 0 saturated heterocycles. The molecule has 0 aromatic rings. The molecule has 0 amide bonds. The second-order valence-electron chi connectivity index (χ2n) is 2.46. The number of aliphatic hydroxyl groups is 1. The van der Waals surface area contributed by atoms with Crippen LogP contribution in [0.1, 0.15) is 0 Å². The van der Waals surface area contributed by atoms with Gasteiger partial charge in [0.05, 0.1) is 12.6 Å². The predicted molar refractivity (Wildman–Crippen MR) is 37.7 cm³/mol. The fraction of sp³-hybridized carbons (Fsp3) is 0.571. The van der Waals surface area contributed by atoms with Crippen LogP contribution in [0, 0.1) is 0 Å². The van der Waals surface area contributed by atoms with Crippen molar-refractivity contribution in [2.45, 2.75) is 6.04 Å². The molecule has 3 heteroatoms. The van der Waals surface area contributed by atoms with Crippen LogP contribution < -0.4 is 0 Å². The van der Waals surface area contributed by atoms with Gasteiger partial charge in [0.1, 0.15) is 6.29 Å². The first-order valence-electron chi connectivity index (χ1n) is 3.26. The summed E-state index contributed by atoms with van der Waals surface area (Å²) in [7, 11) is 1.88. The topological polar surface area (TPSA) is 40.5 Å². The summed E-state index contributed by atoms with van der Waals surface area (Å²) in [5.74, 6) is 0. The summed E-state index contributed by atoms with van der Waals surface area (Å²) >= 11 is 0. The van der Waals surface area contributed by atoms with E-state index < -0.39 is 0 Å². The molecule has 1 atom stereocenters. The molecule has 0 aliphatic carbocycles. The molecule has 56 valence electrons. The van der Waals surface area contributed by atoms with Crippen LogP contribution in [0.2, 0.25) is 0 Å². The number of nitrogens with zero attached hydrogens (tertiary/aromatic N) is 1. The number of carbonyl (C=O) groups is 1. The number of hydrogen-bond acceptors (Lipinski definition) is 3. The second-order valence-corrected chi connectivity index (χ2v) is 2.46. The molecule has 0 radical (unpaired) electrons. The first kappa shape index (κ1) is 7.44. The van der Waals surface area contributed by atoms with Gasteiger partial charge in [-0.2, -0.15) is 0 Å². The van der Waals surface area contributed by atoms with E-state index in [4.69, 9.17) is 5.11 Å². The standard InChI is InChI=1S/C7H11NO2/c1-8-3-2-6(4-9)7(8)5-10/h2,4,7,10H,3,5H2,1H3. The molecule has 1 unspecified atom stereocenters. The molecule has 0 spiro atoms. The molecule has 1 aliphatic rings. The van der Waals surface area contributed by atoms with E-state index in [0.717, 1.165) is 12.8 Å². The average molecular weight is 141 g/mol. The summed E-state index contributed by atoms with van der Waals surface area (Å²) in [5.41, 5.74) is 0.699. The summed E-state index contributed by atoms with van der Waals surface area (Å²) in [6.45, 7) is 0.792. The summed E-state index contributed by atoms with van der Waals surface area (Å²) in [6, 6.07) is -0.0718. The Bertz CT molecular complexity index is 165. The van der Waals surface area contributed by atoms with Gasteiger partial charge in [0, 0.05) is 12.1 Å². The molecular weight excluding hydrogens is 130 g/mol. The van der Waals surface area contributed by atoms with Crippen LogP contribution in [0.3, 0.4) is 0 Å². The Morgan fingerprint density at radius 2 is 2.70 bits per heavy atom. The zero-order chi connectivity index (χ0) is 7.56. The van der Waals surface area contributed by atoms with E-state index in [-0.39, 0.29) is 12.6 Å². The monoisotopic (exact) mass is 141 g/mol. The van der Waals surface area contributed by atoms with Crippen LogP contribution >= 0.6 is 0 Å². The first-order chi connectivity index (χ1) is 4.79. The van der Waals surface area contributed by atoms with Gasteiger partial charge in [0.2, 0.25) is 0 Å². The first-order valence-corrected chi connectivity index (χ1v) is 3.26. The maximum absolute atomic E-state index is 10.3. The molecule has 1 N–H and O–H groups in total. The van der Waals surface area contributed by atoms with Gasteiger partial charge in [0.15, 0.2) is 0 Å². The van der Waals surface area contributed by atoms with E-state index >= 15 is 0 Å². The third-order valence-electron chi connectivity index (χ3n) is 1.84. The molecular formula is C7H11NO2. The lowest BCUT2D eigenvalue weighted by molar-refractivity contribution is -0.105. The molecule has 0 fully saturated rings. The van der Waals surface area contributed by atoms with Crippen LogP contribution in [0.4, 0.5) is 0 Å². The fourth-order valence-corrected chi connectivity index (χ4v) is 1.14. The van der Waals surface area contributed by atoms with Crippen molar-refractivity contribution < 1.29 is 9.90 Å². The second kappa shape index (κ2) is 2.94. The number of aliphatic hydroxyl groups excluding tert-OH is 1. The van der Waals surface area contributed by atoms with Crippen LogP contribution in [0.15, 0.2) is 11.6 Å². The van der Waals surface area contributed by atoms with E-state index in [1.807, 2.05) is 18.0 Å². The van der Waals surface area contributed by atoms with Gasteiger partial charge >= 0.3 is 0 Å². The lowest BCUT2D eigenvalue weighted by Gasteiger charge is -2.17. The number of carbonyl (C=O) groups excluding carboxylic acids is 1. The highest BCUT2D eigenvalue weighted by Gasteiger charge is 2.22. The quantitative estimate of drug-likeness (QED) is 0.523. The molecule has 3 nitrogen and oxygen atoms in total. The fourth-order valence-electron chi connectivity index (χ4n) is 1.14. The van der Waals surface area contributed by atoms with Crippen molar-refractivity contribution in [3.05, 3.63) is 11.6 Å². The SMILES string of the molecule is CN1CC=C(C=O)C1CO. The highest BCUT2D eigenvalue weighted by Crippen LogP contribution is 2.13. The predicted octanol–water partition coefficient (Wildman–Crippen LogP) is -0.582. The van der Waals surface area contributed by atoms with Crippen molar-refractivity contribution in [3.8, 4) is 0 Å². The third-order valence-corrected chi connectivity index (χ3v) is 1.84. The van der Waals surface area contributed by atoms with Crippen molar-refractivity contribution >= 4 is 6.29 Å². The van der Waals surface area contributed by atoms with Gasteiger partial charge in [0.25, 0.3) is 0 Å². The van der Waals surface area contributed by atoms with E-state index in [1.54, 1.807) is 0 Å². The normalized spacial score (nSPS) is 26.6. The molecule has 10 heavy (non-hydrogen) atoms. The van der Waals surface area contributed by atoms with E-state index in [1.165, 1.54) is 0 Å². The molecule has 0 saturated carbocycles. The lowest BCUT2D eigenvalue weighted by atomic mass is 10.1. The van der Waals surface area contributed by atoms with E-state index in [0.29, 0.717) is 5.57 Å².